The van der Waals surface area contributed by atoms with Gasteiger partial charge in [-0.25, -0.2) is 0 Å². The summed E-state index contributed by atoms with van der Waals surface area (Å²) in [5, 5.41) is 71.3. The van der Waals surface area contributed by atoms with Gasteiger partial charge in [0.2, 0.25) is 0 Å². The van der Waals surface area contributed by atoms with Crippen molar-refractivity contribution in [3.8, 4) is 45.6 Å². The van der Waals surface area contributed by atoms with E-state index in [0.29, 0.717) is 0 Å². The van der Waals surface area contributed by atoms with E-state index in [1.807, 2.05) is 30.3 Å². The fraction of sp³-hybridized carbons (Fsp3) is 0.378. The van der Waals surface area contributed by atoms with Crippen molar-refractivity contribution < 1.29 is 49.8 Å². The lowest BCUT2D eigenvalue weighted by Crippen LogP contribution is -2.16. The maximum absolute atomic E-state index is 13.8. The Bertz CT molecular complexity index is 1880. The van der Waals surface area contributed by atoms with Gasteiger partial charge < -0.3 is 30.6 Å². The minimum absolute atomic E-state index is 0.168. The summed E-state index contributed by atoms with van der Waals surface area (Å²) in [7, 11) is 0. The van der Waals surface area contributed by atoms with Crippen LogP contribution in [0.4, 0.5) is 0 Å². The van der Waals surface area contributed by atoms with Crippen LogP contribution >= 0.6 is 0 Å². The summed E-state index contributed by atoms with van der Waals surface area (Å²) in [6.07, 6.45) is -0.679. The van der Waals surface area contributed by atoms with E-state index in [4.69, 9.17) is 0 Å². The van der Waals surface area contributed by atoms with Gasteiger partial charge in [-0.1, -0.05) is 110 Å². The van der Waals surface area contributed by atoms with E-state index in [9.17, 15) is 49.8 Å². The van der Waals surface area contributed by atoms with Gasteiger partial charge >= 0.3 is 0 Å². The number of hydrogen-bond acceptors (Lipinski definition) is 10. The maximum atomic E-state index is 13.8. The molecular formula is C45H52O10. The van der Waals surface area contributed by atoms with Crippen LogP contribution in [0.1, 0.15) is 145 Å². The van der Waals surface area contributed by atoms with Crippen LogP contribution in [0.2, 0.25) is 0 Å². The summed E-state index contributed by atoms with van der Waals surface area (Å²) in [6, 6.07) is 15.8. The molecule has 0 aliphatic heterocycles. The summed E-state index contributed by atoms with van der Waals surface area (Å²) in [5.41, 5.74) is -1.95. The van der Waals surface area contributed by atoms with Gasteiger partial charge in [-0.05, 0) is 40.4 Å². The SMILES string of the molecule is CC(C)CC(=O)c1c(O)c(C(=O)CC(C)C)c(O)c(C(c2ccc(-c3ccccc3)cc2)c2c(O)c(C(=O)CC(C)C)c(O)c(C(=O)CC(C)C)c2O)c1O. The summed E-state index contributed by atoms with van der Waals surface area (Å²) in [4.78, 5) is 55.2. The summed E-state index contributed by atoms with van der Waals surface area (Å²) in [5.74, 6) is -11.3. The van der Waals surface area contributed by atoms with Crippen molar-refractivity contribution in [2.75, 3.05) is 0 Å². The Balaban J connectivity index is 2.27. The lowest BCUT2D eigenvalue weighted by atomic mass is 9.77. The number of rotatable bonds is 16. The molecule has 0 fully saturated rings. The number of hydrogen-bond donors (Lipinski definition) is 6. The summed E-state index contributed by atoms with van der Waals surface area (Å²) >= 11 is 0. The van der Waals surface area contributed by atoms with Crippen LogP contribution in [-0.4, -0.2) is 53.8 Å². The molecule has 4 aromatic rings. The smallest absolute Gasteiger partial charge is 0.170 e. The van der Waals surface area contributed by atoms with Crippen molar-refractivity contribution in [1.82, 2.24) is 0 Å². The molecule has 292 valence electrons. The zero-order valence-corrected chi connectivity index (χ0v) is 32.7. The zero-order valence-electron chi connectivity index (χ0n) is 32.7. The molecule has 0 spiro atoms. The standard InChI is InChI=1S/C45H52O10/c1-22(2)18-29(46)34-40(50)35(30(47)19-23(3)4)43(53)38(42(34)52)33(28-16-14-27(15-17-28)26-12-10-9-11-13-26)39-44(54)36(31(48)20-24(5)6)41(51)37(45(39)55)32(49)21-25(7)8/h9-17,22-25,33,50-55H,18-21H2,1-8H3. The van der Waals surface area contributed by atoms with Crippen LogP contribution in [-0.2, 0) is 0 Å². The van der Waals surface area contributed by atoms with Crippen LogP contribution in [0, 0.1) is 23.7 Å². The Labute approximate surface area is 322 Å². The van der Waals surface area contributed by atoms with Gasteiger partial charge in [-0.2, -0.15) is 0 Å². The van der Waals surface area contributed by atoms with E-state index in [1.54, 1.807) is 79.7 Å². The van der Waals surface area contributed by atoms with E-state index < -0.39 is 96.9 Å². The number of phenolic OH excluding ortho intramolecular Hbond substituents is 6. The van der Waals surface area contributed by atoms with Crippen LogP contribution in [0.3, 0.4) is 0 Å². The Morgan fingerprint density at radius 1 is 0.400 bits per heavy atom. The molecule has 0 aliphatic rings. The first-order chi connectivity index (χ1) is 25.8. The molecular weight excluding hydrogens is 700 g/mol. The maximum Gasteiger partial charge on any atom is 0.170 e. The number of ketones is 4. The van der Waals surface area contributed by atoms with Gasteiger partial charge in [0.1, 0.15) is 56.8 Å². The minimum Gasteiger partial charge on any atom is -0.507 e. The molecule has 0 amide bonds. The lowest BCUT2D eigenvalue weighted by Gasteiger charge is -2.28. The highest BCUT2D eigenvalue weighted by atomic mass is 16.3. The van der Waals surface area contributed by atoms with Crippen molar-refractivity contribution in [1.29, 1.82) is 0 Å². The summed E-state index contributed by atoms with van der Waals surface area (Å²) in [6.45, 7) is 13.9. The predicted octanol–water partition coefficient (Wildman–Crippen LogP) is 9.68. The molecule has 6 N–H and O–H groups in total. The van der Waals surface area contributed by atoms with Gasteiger partial charge in [0.25, 0.3) is 0 Å². The van der Waals surface area contributed by atoms with Crippen molar-refractivity contribution >= 4 is 23.1 Å². The van der Waals surface area contributed by atoms with E-state index in [-0.39, 0.29) is 54.9 Å². The van der Waals surface area contributed by atoms with E-state index >= 15 is 0 Å². The molecule has 0 unspecified atom stereocenters. The number of carbonyl (C=O) groups excluding carboxylic acids is 4. The normalized spacial score (nSPS) is 11.7. The topological polar surface area (TPSA) is 190 Å². The molecule has 0 aromatic heterocycles. The predicted molar refractivity (Wildman–Crippen MR) is 211 cm³/mol. The quantitative estimate of drug-likeness (QED) is 0.0475. The van der Waals surface area contributed by atoms with Crippen molar-refractivity contribution in [2.24, 2.45) is 23.7 Å². The van der Waals surface area contributed by atoms with Crippen molar-refractivity contribution in [2.45, 2.75) is 87.0 Å². The molecule has 0 aliphatic carbocycles. The second-order valence-electron chi connectivity index (χ2n) is 15.9. The molecule has 4 rings (SSSR count). The fourth-order valence-corrected chi connectivity index (χ4v) is 6.93. The van der Waals surface area contributed by atoms with E-state index in [0.717, 1.165) is 11.1 Å². The number of benzene rings is 4. The third-order valence-corrected chi connectivity index (χ3v) is 9.33. The van der Waals surface area contributed by atoms with Gasteiger partial charge in [0.05, 0.1) is 0 Å². The molecule has 0 heterocycles. The Morgan fingerprint density at radius 2 is 0.673 bits per heavy atom. The Hall–Kier alpha value is -5.64. The van der Waals surface area contributed by atoms with Crippen LogP contribution < -0.4 is 0 Å². The monoisotopic (exact) mass is 752 g/mol. The Morgan fingerprint density at radius 3 is 0.945 bits per heavy atom. The number of aromatic hydroxyl groups is 6. The van der Waals surface area contributed by atoms with Crippen molar-refractivity contribution in [3.63, 3.8) is 0 Å². The fourth-order valence-electron chi connectivity index (χ4n) is 6.93. The first-order valence-corrected chi connectivity index (χ1v) is 18.7. The first kappa shape index (κ1) is 42.1. The highest BCUT2D eigenvalue weighted by Crippen LogP contribution is 2.56. The highest BCUT2D eigenvalue weighted by molar-refractivity contribution is 6.11. The average molecular weight is 753 g/mol. The van der Waals surface area contributed by atoms with Crippen LogP contribution in [0.15, 0.2) is 54.6 Å². The zero-order chi connectivity index (χ0) is 41.0. The average Bonchev–Trinajstić information content (AvgIpc) is 3.06. The van der Waals surface area contributed by atoms with Crippen LogP contribution in [0.5, 0.6) is 34.5 Å². The minimum atomic E-state index is -1.70. The van der Waals surface area contributed by atoms with Gasteiger partial charge in [0.15, 0.2) is 23.1 Å². The second-order valence-corrected chi connectivity index (χ2v) is 15.9. The molecule has 0 bridgehead atoms. The summed E-state index contributed by atoms with van der Waals surface area (Å²) < 4.78 is 0. The number of carbonyl (C=O) groups is 4. The molecule has 4 aromatic carbocycles. The molecule has 55 heavy (non-hydrogen) atoms. The molecule has 0 atom stereocenters. The second kappa shape index (κ2) is 17.2. The van der Waals surface area contributed by atoms with Crippen molar-refractivity contribution in [3.05, 3.63) is 93.5 Å². The van der Waals surface area contributed by atoms with Gasteiger partial charge in [0, 0.05) is 42.7 Å². The molecule has 0 saturated heterocycles. The molecule has 0 saturated carbocycles. The van der Waals surface area contributed by atoms with E-state index in [1.165, 1.54) is 0 Å². The lowest BCUT2D eigenvalue weighted by molar-refractivity contribution is 0.0941. The first-order valence-electron chi connectivity index (χ1n) is 18.7. The van der Waals surface area contributed by atoms with E-state index in [2.05, 4.69) is 0 Å². The third-order valence-electron chi connectivity index (χ3n) is 9.33. The Kier molecular flexibility index (Phi) is 13.2. The van der Waals surface area contributed by atoms with Gasteiger partial charge in [-0.3, -0.25) is 19.2 Å². The molecule has 10 heteroatoms. The molecule has 0 radical (unpaired) electrons. The van der Waals surface area contributed by atoms with Gasteiger partial charge in [-0.15, -0.1) is 0 Å². The number of phenols is 6. The highest BCUT2D eigenvalue weighted by Gasteiger charge is 2.40. The molecule has 10 nitrogen and oxygen atoms in total. The van der Waals surface area contributed by atoms with Crippen LogP contribution in [0.25, 0.3) is 11.1 Å². The number of Topliss-reactive ketones (excluding diaryl/α,β-unsaturated/α-hetero) is 4. The largest absolute Gasteiger partial charge is 0.507 e. The third kappa shape index (κ3) is 8.85.